The van der Waals surface area contributed by atoms with Crippen molar-refractivity contribution in [2.75, 3.05) is 0 Å². The summed E-state index contributed by atoms with van der Waals surface area (Å²) in [6, 6.07) is 0. The van der Waals surface area contributed by atoms with Gasteiger partial charge in [-0.2, -0.15) is 0 Å². The fourth-order valence-electron chi connectivity index (χ4n) is 4.41. The zero-order valence-corrected chi connectivity index (χ0v) is 11.1. The first-order valence-corrected chi connectivity index (χ1v) is 6.49. The zero-order valence-electron chi connectivity index (χ0n) is 11.1. The fourth-order valence-corrected chi connectivity index (χ4v) is 4.41. The van der Waals surface area contributed by atoms with Crippen LogP contribution >= 0.6 is 0 Å². The molecule has 1 spiro atoms. The van der Waals surface area contributed by atoms with Gasteiger partial charge in [-0.3, -0.25) is 4.79 Å². The van der Waals surface area contributed by atoms with E-state index in [9.17, 15) is 4.79 Å². The van der Waals surface area contributed by atoms with Crippen molar-refractivity contribution >= 4 is 5.78 Å². The van der Waals surface area contributed by atoms with Gasteiger partial charge in [-0.25, -0.2) is 0 Å². The Balaban J connectivity index is 2.37. The first kappa shape index (κ1) is 11.9. The highest BCUT2D eigenvalue weighted by Crippen LogP contribution is 2.59. The lowest BCUT2D eigenvalue weighted by Gasteiger charge is -2.48. The third-order valence-electron chi connectivity index (χ3n) is 4.78. The monoisotopic (exact) mass is 220 g/mol. The maximum Gasteiger partial charge on any atom is 0.159 e. The molecule has 0 aliphatic heterocycles. The molecule has 0 amide bonds. The van der Waals surface area contributed by atoms with E-state index in [1.165, 1.54) is 12.8 Å². The summed E-state index contributed by atoms with van der Waals surface area (Å²) >= 11 is 0. The van der Waals surface area contributed by atoms with E-state index in [1.54, 1.807) is 0 Å². The van der Waals surface area contributed by atoms with E-state index in [2.05, 4.69) is 34.3 Å². The molecule has 2 rings (SSSR count). The lowest BCUT2D eigenvalue weighted by Crippen LogP contribution is -2.39. The Kier molecular flexibility index (Phi) is 2.56. The molecule has 3 atom stereocenters. The third kappa shape index (κ3) is 1.65. The molecule has 0 radical (unpaired) electrons. The summed E-state index contributed by atoms with van der Waals surface area (Å²) < 4.78 is 0. The summed E-state index contributed by atoms with van der Waals surface area (Å²) in [6.45, 7) is 13.4. The minimum atomic E-state index is 0.123. The molecule has 2 saturated carbocycles. The fraction of sp³-hybridized carbons (Fsp3) is 0.800. The molecule has 1 heteroatoms. The van der Waals surface area contributed by atoms with Gasteiger partial charge in [-0.1, -0.05) is 34.3 Å². The van der Waals surface area contributed by atoms with Gasteiger partial charge in [0.25, 0.3) is 0 Å². The number of rotatable bonds is 0. The second kappa shape index (κ2) is 3.45. The van der Waals surface area contributed by atoms with E-state index in [0.717, 1.165) is 18.4 Å². The Morgan fingerprint density at radius 2 is 1.88 bits per heavy atom. The predicted octanol–water partition coefficient (Wildman–Crippen LogP) is 3.98. The molecular weight excluding hydrogens is 196 g/mol. The number of carbonyl (C=O) groups excluding carboxylic acids is 1. The number of ketones is 1. The number of carbonyl (C=O) groups is 1. The molecule has 0 N–H and O–H groups in total. The Labute approximate surface area is 99.3 Å². The molecule has 0 heterocycles. The molecule has 2 aliphatic rings. The maximum atomic E-state index is 11.9. The number of hydrogen-bond donors (Lipinski definition) is 0. The third-order valence-corrected chi connectivity index (χ3v) is 4.78. The lowest BCUT2D eigenvalue weighted by molar-refractivity contribution is -0.114. The largest absolute Gasteiger partial charge is 0.295 e. The van der Waals surface area contributed by atoms with Crippen LogP contribution in [0, 0.1) is 22.7 Å². The molecule has 0 aromatic carbocycles. The van der Waals surface area contributed by atoms with Crippen molar-refractivity contribution in [3.8, 4) is 0 Å². The first-order valence-electron chi connectivity index (χ1n) is 6.49. The average Bonchev–Trinajstić information content (AvgIpc) is 2.28. The van der Waals surface area contributed by atoms with Crippen LogP contribution in [0.3, 0.4) is 0 Å². The van der Waals surface area contributed by atoms with Crippen LogP contribution in [0.4, 0.5) is 0 Å². The van der Waals surface area contributed by atoms with Gasteiger partial charge in [0.15, 0.2) is 5.78 Å². The highest BCUT2D eigenvalue weighted by Gasteiger charge is 2.53. The van der Waals surface area contributed by atoms with Crippen LogP contribution in [0.5, 0.6) is 0 Å². The number of hydrogen-bond acceptors (Lipinski definition) is 1. The Morgan fingerprint density at radius 3 is 2.31 bits per heavy atom. The average molecular weight is 220 g/mol. The standard InChI is InChI=1S/C15H24O/c1-10-7-14(4,5)9-15(8-10)11(2)6-13(16)12(15)3/h10-11H,3,6-9H2,1-2,4-5H3/t10-,11-,15+/m0/s1. The normalized spacial score (nSPS) is 43.0. The molecule has 0 aromatic rings. The summed E-state index contributed by atoms with van der Waals surface area (Å²) in [6.07, 6.45) is 4.32. The molecule has 0 unspecified atom stereocenters. The molecule has 2 aliphatic carbocycles. The highest BCUT2D eigenvalue weighted by atomic mass is 16.1. The summed E-state index contributed by atoms with van der Waals surface area (Å²) in [5.74, 6) is 1.53. The quantitative estimate of drug-likeness (QED) is 0.564. The number of allylic oxidation sites excluding steroid dienone is 1. The van der Waals surface area contributed by atoms with Crippen molar-refractivity contribution < 1.29 is 4.79 Å². The Morgan fingerprint density at radius 1 is 1.25 bits per heavy atom. The molecule has 0 saturated heterocycles. The summed E-state index contributed by atoms with van der Waals surface area (Å²) in [5, 5.41) is 0. The van der Waals surface area contributed by atoms with Crippen molar-refractivity contribution in [3.05, 3.63) is 12.2 Å². The van der Waals surface area contributed by atoms with E-state index in [1.807, 2.05) is 0 Å². The van der Waals surface area contributed by atoms with Crippen LogP contribution in [0.2, 0.25) is 0 Å². The van der Waals surface area contributed by atoms with Crippen molar-refractivity contribution in [1.82, 2.24) is 0 Å². The van der Waals surface area contributed by atoms with E-state index >= 15 is 0 Å². The molecule has 1 nitrogen and oxygen atoms in total. The Bertz CT molecular complexity index is 339. The van der Waals surface area contributed by atoms with Gasteiger partial charge >= 0.3 is 0 Å². The van der Waals surface area contributed by atoms with Gasteiger partial charge in [-0.15, -0.1) is 0 Å². The van der Waals surface area contributed by atoms with Crippen LogP contribution < -0.4 is 0 Å². The topological polar surface area (TPSA) is 17.1 Å². The van der Waals surface area contributed by atoms with Crippen LogP contribution in [0.15, 0.2) is 12.2 Å². The zero-order chi connectivity index (χ0) is 12.1. The maximum absolute atomic E-state index is 11.9. The van der Waals surface area contributed by atoms with Gasteiger partial charge in [0, 0.05) is 11.8 Å². The van der Waals surface area contributed by atoms with E-state index < -0.39 is 0 Å². The van der Waals surface area contributed by atoms with Crippen LogP contribution in [0.1, 0.15) is 53.4 Å². The SMILES string of the molecule is C=C1C(=O)C[C@H](C)[C@]12C[C@@H](C)CC(C)(C)C2. The van der Waals surface area contributed by atoms with Crippen molar-refractivity contribution in [3.63, 3.8) is 0 Å². The summed E-state index contributed by atoms with van der Waals surface area (Å²) in [7, 11) is 0. The molecule has 2 fully saturated rings. The van der Waals surface area contributed by atoms with Crippen LogP contribution in [-0.2, 0) is 4.79 Å². The molecule has 16 heavy (non-hydrogen) atoms. The van der Waals surface area contributed by atoms with E-state index in [4.69, 9.17) is 0 Å². The molecule has 90 valence electrons. The van der Waals surface area contributed by atoms with Gasteiger partial charge in [0.1, 0.15) is 0 Å². The molecule has 0 bridgehead atoms. The summed E-state index contributed by atoms with van der Waals surface area (Å²) in [5.41, 5.74) is 1.41. The van der Waals surface area contributed by atoms with Gasteiger partial charge in [0.05, 0.1) is 0 Å². The van der Waals surface area contributed by atoms with Gasteiger partial charge in [0.2, 0.25) is 0 Å². The van der Waals surface area contributed by atoms with Gasteiger partial charge in [-0.05, 0) is 42.1 Å². The van der Waals surface area contributed by atoms with Crippen molar-refractivity contribution in [2.45, 2.75) is 53.4 Å². The van der Waals surface area contributed by atoms with Crippen LogP contribution in [0.25, 0.3) is 0 Å². The smallest absolute Gasteiger partial charge is 0.159 e. The van der Waals surface area contributed by atoms with E-state index in [0.29, 0.717) is 23.0 Å². The predicted molar refractivity (Wildman–Crippen MR) is 67.2 cm³/mol. The minimum absolute atomic E-state index is 0.123. The molecular formula is C15H24O. The van der Waals surface area contributed by atoms with Crippen LogP contribution in [-0.4, -0.2) is 5.78 Å². The highest BCUT2D eigenvalue weighted by molar-refractivity contribution is 5.99. The van der Waals surface area contributed by atoms with E-state index in [-0.39, 0.29) is 5.41 Å². The second-order valence-corrected chi connectivity index (χ2v) is 7.02. The minimum Gasteiger partial charge on any atom is -0.295 e. The van der Waals surface area contributed by atoms with Crippen molar-refractivity contribution in [1.29, 1.82) is 0 Å². The van der Waals surface area contributed by atoms with Crippen molar-refractivity contribution in [2.24, 2.45) is 22.7 Å². The molecule has 0 aromatic heterocycles. The lowest BCUT2D eigenvalue weighted by atomic mass is 9.56. The summed E-state index contributed by atoms with van der Waals surface area (Å²) in [4.78, 5) is 11.9. The first-order chi connectivity index (χ1) is 7.27. The second-order valence-electron chi connectivity index (χ2n) is 7.02. The number of Topliss-reactive ketones (excluding diaryl/α,β-unsaturated/α-hetero) is 1. The van der Waals surface area contributed by atoms with Gasteiger partial charge < -0.3 is 0 Å². The Hall–Kier alpha value is -0.590.